The summed E-state index contributed by atoms with van der Waals surface area (Å²) in [4.78, 5) is 41.5. The first-order valence-electron chi connectivity index (χ1n) is 13.7. The van der Waals surface area contributed by atoms with Crippen LogP contribution in [0.25, 0.3) is 0 Å². The summed E-state index contributed by atoms with van der Waals surface area (Å²) >= 11 is 0. The maximum Gasteiger partial charge on any atom is 0.490 e. The molecule has 10 nitrogen and oxygen atoms in total. The fourth-order valence-corrected chi connectivity index (χ4v) is 5.42. The molecule has 2 heterocycles. The van der Waals surface area contributed by atoms with Crippen LogP contribution in [0.2, 0.25) is 0 Å². The molecule has 4 rings (SSSR count). The number of alkyl halides is 3. The molecule has 0 radical (unpaired) electrons. The minimum Gasteiger partial charge on any atom is -0.487 e. The highest BCUT2D eigenvalue weighted by molar-refractivity contribution is 5.99. The van der Waals surface area contributed by atoms with Gasteiger partial charge in [0, 0.05) is 37.7 Å². The van der Waals surface area contributed by atoms with Gasteiger partial charge in [-0.25, -0.2) is 14.2 Å². The molecule has 0 aromatic heterocycles. The molecule has 5 atom stereocenters. The van der Waals surface area contributed by atoms with E-state index in [1.165, 1.54) is 12.1 Å². The number of fused-ring (bicyclic) bond motifs is 1. The van der Waals surface area contributed by atoms with Crippen molar-refractivity contribution >= 4 is 23.7 Å². The summed E-state index contributed by atoms with van der Waals surface area (Å²) < 4.78 is 57.0. The quantitative estimate of drug-likeness (QED) is 0.383. The Labute approximate surface area is 241 Å². The van der Waals surface area contributed by atoms with Crippen LogP contribution in [0.1, 0.15) is 71.4 Å². The van der Waals surface area contributed by atoms with Crippen LogP contribution in [0.4, 0.5) is 17.6 Å². The van der Waals surface area contributed by atoms with Gasteiger partial charge in [0.1, 0.15) is 17.2 Å². The predicted octanol–water partition coefficient (Wildman–Crippen LogP) is 3.93. The molecular weight excluding hydrogens is 564 g/mol. The summed E-state index contributed by atoms with van der Waals surface area (Å²) in [6, 6.07) is 3.78. The summed E-state index contributed by atoms with van der Waals surface area (Å²) in [5, 5.41) is 10.3. The number of carbonyl (C=O) groups is 3. The highest BCUT2D eigenvalue weighted by Gasteiger charge is 2.52. The number of benzene rings is 1. The van der Waals surface area contributed by atoms with E-state index in [1.54, 1.807) is 18.1 Å². The molecule has 1 aromatic carbocycles. The third-order valence-electron chi connectivity index (χ3n) is 7.80. The zero-order chi connectivity index (χ0) is 31.6. The van der Waals surface area contributed by atoms with Crippen LogP contribution in [0.5, 0.6) is 5.75 Å². The number of guanidine groups is 1. The minimum atomic E-state index is -5.08. The van der Waals surface area contributed by atoms with Crippen molar-refractivity contribution in [3.8, 4) is 5.75 Å². The second-order valence-corrected chi connectivity index (χ2v) is 11.7. The standard InChI is InChI=1S/C26H37FN4O4.C2HF3O2/c1-6-26(4)14-22(32)31(24(28)30-26)20(9-10-34-5)16-12-17(16)23(33)29-19-13-25(2,3)35-21-8-7-15(27)11-18(19)21;3-2(4,5)1(6)7/h7-8,11,16-17,19-20H,6,9-10,12-14H2,1-5H3,(H2,28,30)(H,29,33);(H,6,7)/t16-,17-,19?,20-,26+;/m1./s1. The highest BCUT2D eigenvalue weighted by atomic mass is 19.4. The Morgan fingerprint density at radius 2 is 1.95 bits per heavy atom. The van der Waals surface area contributed by atoms with Gasteiger partial charge in [0.15, 0.2) is 5.96 Å². The van der Waals surface area contributed by atoms with Crippen LogP contribution in [-0.4, -0.2) is 70.8 Å². The van der Waals surface area contributed by atoms with Gasteiger partial charge in [-0.1, -0.05) is 6.92 Å². The Bertz CT molecular complexity index is 1220. The zero-order valence-corrected chi connectivity index (χ0v) is 24.3. The highest BCUT2D eigenvalue weighted by Crippen LogP contribution is 2.47. The first-order chi connectivity index (χ1) is 19.4. The van der Waals surface area contributed by atoms with Gasteiger partial charge >= 0.3 is 12.1 Å². The predicted molar refractivity (Wildman–Crippen MR) is 144 cm³/mol. The average Bonchev–Trinajstić information content (AvgIpc) is 3.66. The number of carbonyl (C=O) groups excluding carboxylic acids is 2. The Morgan fingerprint density at radius 1 is 1.31 bits per heavy atom. The lowest BCUT2D eigenvalue weighted by molar-refractivity contribution is -0.192. The number of halogens is 4. The third-order valence-corrected chi connectivity index (χ3v) is 7.80. The molecule has 1 fully saturated rings. The number of hydrogen-bond acceptors (Lipinski definition) is 7. The lowest BCUT2D eigenvalue weighted by Crippen LogP contribution is -2.56. The van der Waals surface area contributed by atoms with Crippen LogP contribution in [0.3, 0.4) is 0 Å². The van der Waals surface area contributed by atoms with Crippen molar-refractivity contribution in [2.24, 2.45) is 22.6 Å². The molecule has 2 amide bonds. The number of aliphatic imine (C=N–C) groups is 1. The number of hydrogen-bond donors (Lipinski definition) is 3. The van der Waals surface area contributed by atoms with Crippen molar-refractivity contribution in [1.82, 2.24) is 10.2 Å². The van der Waals surface area contributed by atoms with E-state index in [2.05, 4.69) is 10.3 Å². The molecule has 1 aromatic rings. The molecule has 1 unspecified atom stereocenters. The molecule has 0 spiro atoms. The Kier molecular flexibility index (Phi) is 9.80. The lowest BCUT2D eigenvalue weighted by Gasteiger charge is -2.39. The zero-order valence-electron chi connectivity index (χ0n) is 24.3. The fourth-order valence-electron chi connectivity index (χ4n) is 5.42. The maximum absolute atomic E-state index is 14.0. The molecule has 3 aliphatic rings. The van der Waals surface area contributed by atoms with E-state index in [4.69, 9.17) is 25.1 Å². The monoisotopic (exact) mass is 602 g/mol. The van der Waals surface area contributed by atoms with Crippen molar-refractivity contribution in [3.05, 3.63) is 29.6 Å². The fraction of sp³-hybridized carbons (Fsp3) is 0.643. The first kappa shape index (κ1) is 33.1. The average molecular weight is 603 g/mol. The van der Waals surface area contributed by atoms with Gasteiger partial charge in [-0.2, -0.15) is 13.2 Å². The van der Waals surface area contributed by atoms with Gasteiger partial charge in [-0.3, -0.25) is 14.5 Å². The molecule has 2 aliphatic heterocycles. The second kappa shape index (κ2) is 12.4. The molecule has 4 N–H and O–H groups in total. The van der Waals surface area contributed by atoms with E-state index in [-0.39, 0.29) is 53.9 Å². The van der Waals surface area contributed by atoms with Gasteiger partial charge in [0.05, 0.1) is 18.0 Å². The summed E-state index contributed by atoms with van der Waals surface area (Å²) in [6.07, 6.45) is -2.34. The molecular formula is C28H38F4N4O6. The van der Waals surface area contributed by atoms with Crippen molar-refractivity contribution in [3.63, 3.8) is 0 Å². The van der Waals surface area contributed by atoms with Crippen LogP contribution in [-0.2, 0) is 19.1 Å². The largest absolute Gasteiger partial charge is 0.490 e. The van der Waals surface area contributed by atoms with Crippen LogP contribution < -0.4 is 15.8 Å². The molecule has 1 aliphatic carbocycles. The van der Waals surface area contributed by atoms with Crippen molar-refractivity contribution in [2.75, 3.05) is 13.7 Å². The van der Waals surface area contributed by atoms with Crippen molar-refractivity contribution in [2.45, 2.75) is 89.2 Å². The molecule has 14 heteroatoms. The van der Waals surface area contributed by atoms with Crippen LogP contribution >= 0.6 is 0 Å². The number of amides is 2. The first-order valence-corrected chi connectivity index (χ1v) is 13.7. The Morgan fingerprint density at radius 3 is 2.50 bits per heavy atom. The number of ether oxygens (including phenoxy) is 2. The third kappa shape index (κ3) is 7.90. The number of rotatable bonds is 8. The minimum absolute atomic E-state index is 0.0475. The smallest absolute Gasteiger partial charge is 0.487 e. The van der Waals surface area contributed by atoms with Gasteiger partial charge in [0.25, 0.3) is 0 Å². The van der Waals surface area contributed by atoms with E-state index < -0.39 is 23.3 Å². The SMILES string of the molecule is CC[C@@]1(C)CC(=O)N([C@H](CCOC)[C@@H]2C[C@H]2C(=O)NC2CC(C)(C)Oc3ccc(F)cc32)C(N)=N1.O=C(O)C(F)(F)F. The summed E-state index contributed by atoms with van der Waals surface area (Å²) in [5.41, 5.74) is 5.94. The normalized spacial score (nSPS) is 27.0. The summed E-state index contributed by atoms with van der Waals surface area (Å²) in [6.45, 7) is 8.27. The van der Waals surface area contributed by atoms with Crippen molar-refractivity contribution in [1.29, 1.82) is 0 Å². The van der Waals surface area contributed by atoms with Gasteiger partial charge in [-0.05, 0) is 64.2 Å². The molecule has 0 saturated heterocycles. The van der Waals surface area contributed by atoms with E-state index in [0.717, 1.165) is 0 Å². The number of aliphatic carboxylic acids is 1. The number of carboxylic acids is 1. The number of nitrogens with two attached hydrogens (primary N) is 1. The lowest BCUT2D eigenvalue weighted by atomic mass is 9.89. The molecule has 0 bridgehead atoms. The van der Waals surface area contributed by atoms with Crippen molar-refractivity contribution < 1.29 is 46.5 Å². The van der Waals surface area contributed by atoms with Gasteiger partial charge < -0.3 is 25.6 Å². The number of carboxylic acid groups (broad SMARTS) is 1. The second-order valence-electron chi connectivity index (χ2n) is 11.7. The van der Waals surface area contributed by atoms with Crippen LogP contribution in [0.15, 0.2) is 23.2 Å². The molecule has 1 saturated carbocycles. The number of nitrogens with one attached hydrogen (secondary N) is 1. The Hall–Kier alpha value is -3.42. The van der Waals surface area contributed by atoms with Gasteiger partial charge in [0.2, 0.25) is 11.8 Å². The maximum atomic E-state index is 14.0. The van der Waals surface area contributed by atoms with Gasteiger partial charge in [-0.15, -0.1) is 0 Å². The Balaban J connectivity index is 0.000000616. The molecule has 42 heavy (non-hydrogen) atoms. The van der Waals surface area contributed by atoms with E-state index in [0.29, 0.717) is 43.6 Å². The molecule has 234 valence electrons. The summed E-state index contributed by atoms with van der Waals surface area (Å²) in [5.74, 6) is -2.81. The topological polar surface area (TPSA) is 144 Å². The summed E-state index contributed by atoms with van der Waals surface area (Å²) in [7, 11) is 1.61. The number of nitrogens with zero attached hydrogens (tertiary/aromatic N) is 2. The van der Waals surface area contributed by atoms with Crippen LogP contribution in [0, 0.1) is 17.7 Å². The van der Waals surface area contributed by atoms with E-state index in [1.807, 2.05) is 27.7 Å². The van der Waals surface area contributed by atoms with E-state index >= 15 is 0 Å². The van der Waals surface area contributed by atoms with E-state index in [9.17, 15) is 27.2 Å². The number of methoxy groups -OCH3 is 1.